The molecule has 1 atom stereocenters. The Morgan fingerprint density at radius 2 is 2.20 bits per heavy atom. The Morgan fingerprint density at radius 1 is 1.33 bits per heavy atom. The SMILES string of the molecule is O=C(O)CCCCCOC1CCCCO1. The lowest BCUT2D eigenvalue weighted by Gasteiger charge is -2.22. The number of aliphatic carboxylic acids is 1. The van der Waals surface area contributed by atoms with Crippen LogP contribution in [-0.2, 0) is 14.3 Å². The van der Waals surface area contributed by atoms with Gasteiger partial charge in [-0.25, -0.2) is 0 Å². The van der Waals surface area contributed by atoms with Crippen LogP contribution in [0.2, 0.25) is 0 Å². The average Bonchev–Trinajstić information content (AvgIpc) is 2.24. The van der Waals surface area contributed by atoms with E-state index in [-0.39, 0.29) is 12.7 Å². The van der Waals surface area contributed by atoms with Crippen molar-refractivity contribution in [3.63, 3.8) is 0 Å². The zero-order valence-corrected chi connectivity index (χ0v) is 9.11. The molecule has 4 nitrogen and oxygen atoms in total. The van der Waals surface area contributed by atoms with Gasteiger partial charge in [-0.2, -0.15) is 0 Å². The Hall–Kier alpha value is -0.610. The number of unbranched alkanes of at least 4 members (excludes halogenated alkanes) is 2. The van der Waals surface area contributed by atoms with E-state index in [0.29, 0.717) is 6.61 Å². The first-order chi connectivity index (χ1) is 7.29. The van der Waals surface area contributed by atoms with Crippen molar-refractivity contribution in [2.24, 2.45) is 0 Å². The van der Waals surface area contributed by atoms with Gasteiger partial charge in [0.15, 0.2) is 6.29 Å². The van der Waals surface area contributed by atoms with Crippen molar-refractivity contribution in [2.75, 3.05) is 13.2 Å². The molecular formula is C11H20O4. The van der Waals surface area contributed by atoms with Crippen LogP contribution in [-0.4, -0.2) is 30.6 Å². The molecule has 0 amide bonds. The van der Waals surface area contributed by atoms with Crippen molar-refractivity contribution in [3.8, 4) is 0 Å². The summed E-state index contributed by atoms with van der Waals surface area (Å²) in [7, 11) is 0. The maximum atomic E-state index is 10.2. The van der Waals surface area contributed by atoms with Crippen molar-refractivity contribution in [1.82, 2.24) is 0 Å². The summed E-state index contributed by atoms with van der Waals surface area (Å²) in [6.45, 7) is 1.49. The molecule has 1 saturated heterocycles. The zero-order chi connectivity index (χ0) is 10.9. The van der Waals surface area contributed by atoms with E-state index in [4.69, 9.17) is 14.6 Å². The molecule has 0 aromatic heterocycles. The smallest absolute Gasteiger partial charge is 0.303 e. The first-order valence-corrected chi connectivity index (χ1v) is 5.74. The molecule has 0 spiro atoms. The fraction of sp³-hybridized carbons (Fsp3) is 0.909. The second-order valence-corrected chi connectivity index (χ2v) is 3.87. The van der Waals surface area contributed by atoms with Crippen LogP contribution in [0.25, 0.3) is 0 Å². The Labute approximate surface area is 90.6 Å². The van der Waals surface area contributed by atoms with E-state index in [1.165, 1.54) is 6.42 Å². The Balaban J connectivity index is 1.85. The van der Waals surface area contributed by atoms with Gasteiger partial charge in [0, 0.05) is 19.6 Å². The van der Waals surface area contributed by atoms with Crippen LogP contribution in [0.3, 0.4) is 0 Å². The predicted molar refractivity (Wildman–Crippen MR) is 55.6 cm³/mol. The van der Waals surface area contributed by atoms with E-state index < -0.39 is 5.97 Å². The highest BCUT2D eigenvalue weighted by Crippen LogP contribution is 2.14. The van der Waals surface area contributed by atoms with Crippen molar-refractivity contribution in [1.29, 1.82) is 0 Å². The predicted octanol–water partition coefficient (Wildman–Crippen LogP) is 2.17. The normalized spacial score (nSPS) is 21.5. The molecule has 15 heavy (non-hydrogen) atoms. The van der Waals surface area contributed by atoms with Crippen molar-refractivity contribution >= 4 is 5.97 Å². The highest BCUT2D eigenvalue weighted by atomic mass is 16.7. The third-order valence-corrected chi connectivity index (χ3v) is 2.48. The largest absolute Gasteiger partial charge is 0.481 e. The Kier molecular flexibility index (Phi) is 6.36. The van der Waals surface area contributed by atoms with Gasteiger partial charge in [-0.1, -0.05) is 6.42 Å². The van der Waals surface area contributed by atoms with Crippen molar-refractivity contribution in [3.05, 3.63) is 0 Å². The second kappa shape index (κ2) is 7.65. The molecule has 0 aromatic carbocycles. The number of hydrogen-bond donors (Lipinski definition) is 1. The van der Waals surface area contributed by atoms with Crippen LogP contribution in [0.5, 0.6) is 0 Å². The highest BCUT2D eigenvalue weighted by Gasteiger charge is 2.13. The lowest BCUT2D eigenvalue weighted by Crippen LogP contribution is -2.22. The summed E-state index contributed by atoms with van der Waals surface area (Å²) in [5.74, 6) is -0.716. The molecule has 0 aromatic rings. The molecule has 1 rings (SSSR count). The standard InChI is InChI=1S/C11H20O4/c12-10(13)6-2-1-4-8-14-11-7-3-5-9-15-11/h11H,1-9H2,(H,12,13). The molecule has 88 valence electrons. The molecule has 0 aliphatic carbocycles. The summed E-state index contributed by atoms with van der Waals surface area (Å²) in [4.78, 5) is 10.2. The molecule has 1 N–H and O–H groups in total. The summed E-state index contributed by atoms with van der Waals surface area (Å²) in [6.07, 6.45) is 6.14. The molecule has 1 aliphatic heterocycles. The molecule has 1 fully saturated rings. The molecule has 0 radical (unpaired) electrons. The minimum Gasteiger partial charge on any atom is -0.481 e. The lowest BCUT2D eigenvalue weighted by atomic mass is 10.2. The van der Waals surface area contributed by atoms with Gasteiger partial charge in [-0.15, -0.1) is 0 Å². The molecule has 4 heteroatoms. The lowest BCUT2D eigenvalue weighted by molar-refractivity contribution is -0.162. The average molecular weight is 216 g/mol. The minimum atomic E-state index is -0.716. The van der Waals surface area contributed by atoms with Gasteiger partial charge in [0.1, 0.15) is 0 Å². The van der Waals surface area contributed by atoms with Crippen molar-refractivity contribution in [2.45, 2.75) is 51.2 Å². The maximum absolute atomic E-state index is 10.2. The zero-order valence-electron chi connectivity index (χ0n) is 9.11. The highest BCUT2D eigenvalue weighted by molar-refractivity contribution is 5.66. The Morgan fingerprint density at radius 3 is 2.87 bits per heavy atom. The number of hydrogen-bond acceptors (Lipinski definition) is 3. The molecule has 1 heterocycles. The van der Waals surface area contributed by atoms with Crippen LogP contribution in [0, 0.1) is 0 Å². The van der Waals surface area contributed by atoms with E-state index in [2.05, 4.69) is 0 Å². The van der Waals surface area contributed by atoms with E-state index in [9.17, 15) is 4.79 Å². The summed E-state index contributed by atoms with van der Waals surface area (Å²) in [6, 6.07) is 0. The van der Waals surface area contributed by atoms with Gasteiger partial charge in [0.05, 0.1) is 0 Å². The number of rotatable bonds is 7. The molecule has 1 aliphatic rings. The van der Waals surface area contributed by atoms with Crippen molar-refractivity contribution < 1.29 is 19.4 Å². The summed E-state index contributed by atoms with van der Waals surface area (Å²) in [5.41, 5.74) is 0. The summed E-state index contributed by atoms with van der Waals surface area (Å²) >= 11 is 0. The van der Waals surface area contributed by atoms with Crippen LogP contribution in [0.15, 0.2) is 0 Å². The van der Waals surface area contributed by atoms with Crippen LogP contribution < -0.4 is 0 Å². The third kappa shape index (κ3) is 6.47. The van der Waals surface area contributed by atoms with Gasteiger partial charge < -0.3 is 14.6 Å². The quantitative estimate of drug-likeness (QED) is 0.663. The fourth-order valence-corrected chi connectivity index (χ4v) is 1.61. The van der Waals surface area contributed by atoms with Gasteiger partial charge in [0.2, 0.25) is 0 Å². The fourth-order valence-electron chi connectivity index (χ4n) is 1.61. The molecular weight excluding hydrogens is 196 g/mol. The summed E-state index contributed by atoms with van der Waals surface area (Å²) in [5, 5.41) is 8.42. The monoisotopic (exact) mass is 216 g/mol. The van der Waals surface area contributed by atoms with Crippen LogP contribution >= 0.6 is 0 Å². The molecule has 1 unspecified atom stereocenters. The third-order valence-electron chi connectivity index (χ3n) is 2.48. The molecule has 0 bridgehead atoms. The first-order valence-electron chi connectivity index (χ1n) is 5.74. The number of carboxylic acids is 1. The Bertz CT molecular complexity index is 175. The van der Waals surface area contributed by atoms with Crippen LogP contribution in [0.4, 0.5) is 0 Å². The number of ether oxygens (including phenoxy) is 2. The maximum Gasteiger partial charge on any atom is 0.303 e. The number of carbonyl (C=O) groups is 1. The summed E-state index contributed by atoms with van der Waals surface area (Å²) < 4.78 is 10.9. The van der Waals surface area contributed by atoms with Gasteiger partial charge in [-0.05, 0) is 32.1 Å². The minimum absolute atomic E-state index is 0.0155. The second-order valence-electron chi connectivity index (χ2n) is 3.87. The van der Waals surface area contributed by atoms with E-state index in [1.807, 2.05) is 0 Å². The van der Waals surface area contributed by atoms with E-state index in [1.54, 1.807) is 0 Å². The van der Waals surface area contributed by atoms with E-state index in [0.717, 1.165) is 38.7 Å². The number of carboxylic acid groups (broad SMARTS) is 1. The topological polar surface area (TPSA) is 55.8 Å². The van der Waals surface area contributed by atoms with E-state index >= 15 is 0 Å². The van der Waals surface area contributed by atoms with Crippen LogP contribution in [0.1, 0.15) is 44.9 Å². The van der Waals surface area contributed by atoms with Gasteiger partial charge in [-0.3, -0.25) is 4.79 Å². The van der Waals surface area contributed by atoms with Gasteiger partial charge in [0.25, 0.3) is 0 Å². The van der Waals surface area contributed by atoms with Gasteiger partial charge >= 0.3 is 5.97 Å². The molecule has 0 saturated carbocycles. The first kappa shape index (κ1) is 12.5.